The van der Waals surface area contributed by atoms with Crippen LogP contribution in [0.25, 0.3) is 0 Å². The first-order valence-electron chi connectivity index (χ1n) is 12.8. The fourth-order valence-electron chi connectivity index (χ4n) is 4.28. The molecule has 0 spiro atoms. The largest absolute Gasteiger partial charge is 0.396 e. The van der Waals surface area contributed by atoms with Gasteiger partial charge in [-0.3, -0.25) is 0 Å². The van der Waals surface area contributed by atoms with Crippen molar-refractivity contribution in [3.05, 3.63) is 56.1 Å². The number of allylic oxidation sites excluding steroid dienone is 8. The molecule has 2 rings (SSSR count). The highest BCUT2D eigenvalue weighted by Crippen LogP contribution is 2.44. The van der Waals surface area contributed by atoms with Crippen molar-refractivity contribution in [3.8, 4) is 0 Å². The summed E-state index contributed by atoms with van der Waals surface area (Å²) in [5.74, 6) is 0. The number of rotatable bonds is 12. The predicted molar refractivity (Wildman–Crippen MR) is 154 cm³/mol. The molecule has 192 valence electrons. The Labute approximate surface area is 218 Å². The van der Waals surface area contributed by atoms with Crippen LogP contribution < -0.4 is 0 Å². The van der Waals surface area contributed by atoms with Crippen molar-refractivity contribution in [2.75, 3.05) is 13.2 Å². The fraction of sp³-hybridized carbons (Fsp3) is 0.667. The molecule has 0 unspecified atom stereocenters. The Kier molecular flexibility index (Phi) is 10.5. The molecule has 0 aromatic carbocycles. The van der Waals surface area contributed by atoms with Crippen LogP contribution >= 0.6 is 23.5 Å². The molecule has 0 amide bonds. The van der Waals surface area contributed by atoms with E-state index in [1.165, 1.54) is 19.6 Å². The molecular weight excluding hydrogens is 456 g/mol. The highest BCUT2D eigenvalue weighted by atomic mass is 32.2. The lowest BCUT2D eigenvalue weighted by atomic mass is 9.87. The summed E-state index contributed by atoms with van der Waals surface area (Å²) in [5.41, 5.74) is 0.129. The Morgan fingerprint density at radius 2 is 1.03 bits per heavy atom. The summed E-state index contributed by atoms with van der Waals surface area (Å²) in [7, 11) is 0. The maximum atomic E-state index is 9.54. The Morgan fingerprint density at radius 1 is 0.676 bits per heavy atom. The van der Waals surface area contributed by atoms with Crippen LogP contribution in [0.2, 0.25) is 0 Å². The van der Waals surface area contributed by atoms with Gasteiger partial charge in [0.25, 0.3) is 0 Å². The van der Waals surface area contributed by atoms with Gasteiger partial charge < -0.3 is 10.2 Å². The number of aliphatic hydroxyl groups excluding tert-OH is 2. The van der Waals surface area contributed by atoms with Crippen molar-refractivity contribution in [3.63, 3.8) is 0 Å². The van der Waals surface area contributed by atoms with Crippen molar-refractivity contribution in [1.29, 1.82) is 0 Å². The predicted octanol–water partition coefficient (Wildman–Crippen LogP) is 9.00. The standard InChI is InChI=1S/C30H48O2S2/c1-27(2,21-31)15-9-11-23-17-29(5,6)19-25(33-23)13-14-26-20-30(7,8)18-24(34-26)12-10-16-28(3,4)22-32/h13-14,17-20,31-32H,9-12,15-16,21-22H2,1-8H3/b14-13-. The molecule has 2 heterocycles. The molecule has 0 aromatic rings. The molecule has 0 aliphatic carbocycles. The molecule has 0 bridgehead atoms. The third kappa shape index (κ3) is 10.5. The molecule has 2 nitrogen and oxygen atoms in total. The molecule has 0 fully saturated rings. The normalized spacial score (nSPS) is 20.6. The second kappa shape index (κ2) is 12.0. The van der Waals surface area contributed by atoms with Crippen LogP contribution in [0.1, 0.15) is 93.9 Å². The molecule has 0 saturated heterocycles. The van der Waals surface area contributed by atoms with Crippen molar-refractivity contribution >= 4 is 23.5 Å². The van der Waals surface area contributed by atoms with Gasteiger partial charge in [0, 0.05) is 33.9 Å². The molecule has 2 aliphatic rings. The van der Waals surface area contributed by atoms with Gasteiger partial charge in [-0.25, -0.2) is 0 Å². The Balaban J connectivity index is 2.00. The Bertz CT molecular complexity index is 781. The quantitative estimate of drug-likeness (QED) is 0.278. The average Bonchev–Trinajstić information content (AvgIpc) is 2.70. The first-order chi connectivity index (χ1) is 15.6. The lowest BCUT2D eigenvalue weighted by Crippen LogP contribution is -2.16. The Hall–Kier alpha value is -0.680. The van der Waals surface area contributed by atoms with Crippen LogP contribution in [-0.2, 0) is 0 Å². The molecule has 0 saturated carbocycles. The van der Waals surface area contributed by atoms with Gasteiger partial charge in [-0.15, -0.1) is 0 Å². The number of hydrogen-bond donors (Lipinski definition) is 2. The maximum Gasteiger partial charge on any atom is 0.0482 e. The molecule has 2 N–H and O–H groups in total. The van der Waals surface area contributed by atoms with Gasteiger partial charge in [0.15, 0.2) is 0 Å². The minimum Gasteiger partial charge on any atom is -0.396 e. The smallest absolute Gasteiger partial charge is 0.0482 e. The van der Waals surface area contributed by atoms with Gasteiger partial charge in [-0.05, 0) is 71.3 Å². The van der Waals surface area contributed by atoms with Crippen molar-refractivity contribution in [1.82, 2.24) is 0 Å². The van der Waals surface area contributed by atoms with Gasteiger partial charge >= 0.3 is 0 Å². The SMILES string of the molecule is CC1(C)C=C(/C=C\C2=CC(C)(C)C=C(CCCC(C)(C)CO)S2)SC(CCCC(C)(C)CO)=C1. The molecule has 0 radical (unpaired) electrons. The van der Waals surface area contributed by atoms with Crippen molar-refractivity contribution in [2.45, 2.75) is 93.9 Å². The summed E-state index contributed by atoms with van der Waals surface area (Å²) in [4.78, 5) is 5.53. The number of aliphatic hydroxyl groups is 2. The van der Waals surface area contributed by atoms with Crippen molar-refractivity contribution in [2.24, 2.45) is 21.7 Å². The fourth-order valence-corrected chi connectivity index (χ4v) is 7.10. The second-order valence-electron chi connectivity index (χ2n) is 12.8. The van der Waals surface area contributed by atoms with Gasteiger partial charge in [-0.1, -0.05) is 103 Å². The van der Waals surface area contributed by atoms with Crippen LogP contribution in [0.4, 0.5) is 0 Å². The minimum atomic E-state index is 0.00450. The van der Waals surface area contributed by atoms with Gasteiger partial charge in [-0.2, -0.15) is 0 Å². The van der Waals surface area contributed by atoms with E-state index in [9.17, 15) is 10.2 Å². The monoisotopic (exact) mass is 504 g/mol. The minimum absolute atomic E-state index is 0.00450. The molecule has 2 aliphatic heterocycles. The van der Waals surface area contributed by atoms with E-state index >= 15 is 0 Å². The van der Waals surface area contributed by atoms with E-state index in [1.807, 2.05) is 23.5 Å². The third-order valence-corrected chi connectivity index (χ3v) is 8.56. The average molecular weight is 505 g/mol. The highest BCUT2D eigenvalue weighted by Gasteiger charge is 2.23. The summed E-state index contributed by atoms with van der Waals surface area (Å²) >= 11 is 3.80. The topological polar surface area (TPSA) is 40.5 Å². The first-order valence-corrected chi connectivity index (χ1v) is 14.4. The molecule has 0 atom stereocenters. The van der Waals surface area contributed by atoms with Gasteiger partial charge in [0.1, 0.15) is 0 Å². The number of hydrogen-bond acceptors (Lipinski definition) is 4. The summed E-state index contributed by atoms with van der Waals surface area (Å²) in [6.07, 6.45) is 20.6. The van der Waals surface area contributed by atoms with E-state index in [-0.39, 0.29) is 34.9 Å². The van der Waals surface area contributed by atoms with Gasteiger partial charge in [0.05, 0.1) is 0 Å². The molecular formula is C30H48O2S2. The van der Waals surface area contributed by atoms with E-state index in [1.54, 1.807) is 0 Å². The van der Waals surface area contributed by atoms with Crippen LogP contribution in [-0.4, -0.2) is 23.4 Å². The van der Waals surface area contributed by atoms with Crippen LogP contribution in [0.5, 0.6) is 0 Å². The summed E-state index contributed by atoms with van der Waals surface area (Å²) < 4.78 is 0. The van der Waals surface area contributed by atoms with Crippen LogP contribution in [0.3, 0.4) is 0 Å². The zero-order chi connectivity index (χ0) is 25.6. The summed E-state index contributed by atoms with van der Waals surface area (Å²) in [6, 6.07) is 0. The molecule has 0 aromatic heterocycles. The van der Waals surface area contributed by atoms with Crippen LogP contribution in [0, 0.1) is 21.7 Å². The van der Waals surface area contributed by atoms with E-state index in [0.717, 1.165) is 38.5 Å². The Morgan fingerprint density at radius 3 is 1.35 bits per heavy atom. The van der Waals surface area contributed by atoms with Crippen molar-refractivity contribution < 1.29 is 10.2 Å². The molecule has 34 heavy (non-hydrogen) atoms. The van der Waals surface area contributed by atoms with E-state index in [0.29, 0.717) is 0 Å². The first kappa shape index (κ1) is 29.5. The van der Waals surface area contributed by atoms with E-state index in [4.69, 9.17) is 0 Å². The lowest BCUT2D eigenvalue weighted by molar-refractivity contribution is 0.148. The van der Waals surface area contributed by atoms with Crippen LogP contribution in [0.15, 0.2) is 56.1 Å². The second-order valence-corrected chi connectivity index (χ2v) is 15.2. The summed E-state index contributed by atoms with van der Waals surface area (Å²) in [6.45, 7) is 18.2. The van der Waals surface area contributed by atoms with E-state index in [2.05, 4.69) is 91.8 Å². The van der Waals surface area contributed by atoms with E-state index < -0.39 is 0 Å². The van der Waals surface area contributed by atoms with Gasteiger partial charge in [0.2, 0.25) is 0 Å². The number of thioether (sulfide) groups is 2. The lowest BCUT2D eigenvalue weighted by Gasteiger charge is -2.27. The third-order valence-electron chi connectivity index (χ3n) is 6.41. The highest BCUT2D eigenvalue weighted by molar-refractivity contribution is 8.07. The zero-order valence-corrected chi connectivity index (χ0v) is 24.5. The zero-order valence-electron chi connectivity index (χ0n) is 22.8. The molecule has 4 heteroatoms. The maximum absolute atomic E-state index is 9.54. The summed E-state index contributed by atoms with van der Waals surface area (Å²) in [5, 5.41) is 19.1.